The van der Waals surface area contributed by atoms with E-state index in [0.29, 0.717) is 0 Å². The third kappa shape index (κ3) is 1.42. The SMILES string of the molecule is CCc1cc(N)cc2scc(S)c12. The number of hydrogen-bond donors (Lipinski definition) is 2. The maximum Gasteiger partial charge on any atom is 0.0377 e. The molecule has 3 heteroatoms. The predicted molar refractivity (Wildman–Crippen MR) is 62.9 cm³/mol. The fraction of sp³-hybridized carbons (Fsp3) is 0.200. The molecule has 1 aromatic carbocycles. The summed E-state index contributed by atoms with van der Waals surface area (Å²) in [4.78, 5) is 1.07. The Labute approximate surface area is 87.0 Å². The lowest BCUT2D eigenvalue weighted by molar-refractivity contribution is 1.16. The maximum absolute atomic E-state index is 5.79. The molecule has 0 aliphatic heterocycles. The van der Waals surface area contributed by atoms with Crippen molar-refractivity contribution in [1.82, 2.24) is 0 Å². The van der Waals surface area contributed by atoms with E-state index in [1.807, 2.05) is 12.1 Å². The van der Waals surface area contributed by atoms with Gasteiger partial charge in [0.2, 0.25) is 0 Å². The number of thiophene rings is 1. The molecule has 1 heterocycles. The molecule has 0 unspecified atom stereocenters. The van der Waals surface area contributed by atoms with Gasteiger partial charge < -0.3 is 5.73 Å². The van der Waals surface area contributed by atoms with Gasteiger partial charge in [-0.05, 0) is 24.1 Å². The lowest BCUT2D eigenvalue weighted by Gasteiger charge is -2.02. The molecule has 68 valence electrons. The highest BCUT2D eigenvalue weighted by molar-refractivity contribution is 7.80. The first-order valence-corrected chi connectivity index (χ1v) is 5.53. The first kappa shape index (κ1) is 8.91. The van der Waals surface area contributed by atoms with E-state index in [0.717, 1.165) is 17.0 Å². The van der Waals surface area contributed by atoms with Gasteiger partial charge in [0.1, 0.15) is 0 Å². The van der Waals surface area contributed by atoms with Gasteiger partial charge >= 0.3 is 0 Å². The number of nitrogens with two attached hydrogens (primary N) is 1. The fourth-order valence-electron chi connectivity index (χ4n) is 1.54. The number of hydrogen-bond acceptors (Lipinski definition) is 3. The van der Waals surface area contributed by atoms with E-state index in [2.05, 4.69) is 24.9 Å². The maximum atomic E-state index is 5.79. The quantitative estimate of drug-likeness (QED) is 0.547. The van der Waals surface area contributed by atoms with Crippen molar-refractivity contribution >= 4 is 39.7 Å². The molecule has 0 saturated heterocycles. The minimum atomic E-state index is 0.847. The Bertz CT molecular complexity index is 445. The summed E-state index contributed by atoms with van der Waals surface area (Å²) in [6.45, 7) is 2.14. The summed E-state index contributed by atoms with van der Waals surface area (Å²) in [5, 5.41) is 3.33. The molecule has 2 aromatic rings. The number of fused-ring (bicyclic) bond motifs is 1. The number of rotatable bonds is 1. The Morgan fingerprint density at radius 3 is 2.92 bits per heavy atom. The predicted octanol–water partition coefficient (Wildman–Crippen LogP) is 3.33. The largest absolute Gasteiger partial charge is 0.399 e. The van der Waals surface area contributed by atoms with E-state index in [1.165, 1.54) is 15.6 Å². The van der Waals surface area contributed by atoms with Crippen molar-refractivity contribution in [2.24, 2.45) is 0 Å². The summed E-state index contributed by atoms with van der Waals surface area (Å²) in [5.74, 6) is 0. The zero-order valence-corrected chi connectivity index (χ0v) is 9.08. The van der Waals surface area contributed by atoms with Crippen LogP contribution in [0.1, 0.15) is 12.5 Å². The summed E-state index contributed by atoms with van der Waals surface area (Å²) >= 11 is 6.13. The van der Waals surface area contributed by atoms with Gasteiger partial charge in [0.15, 0.2) is 0 Å². The second-order valence-electron chi connectivity index (χ2n) is 3.03. The monoisotopic (exact) mass is 209 g/mol. The van der Waals surface area contributed by atoms with Crippen LogP contribution in [0.2, 0.25) is 0 Å². The van der Waals surface area contributed by atoms with E-state index in [4.69, 9.17) is 5.73 Å². The van der Waals surface area contributed by atoms with Crippen molar-refractivity contribution in [3.8, 4) is 0 Å². The molecule has 0 spiro atoms. The van der Waals surface area contributed by atoms with Crippen LogP contribution in [-0.4, -0.2) is 0 Å². The van der Waals surface area contributed by atoms with Gasteiger partial charge in [-0.1, -0.05) is 6.92 Å². The van der Waals surface area contributed by atoms with Gasteiger partial charge in [-0.2, -0.15) is 0 Å². The lowest BCUT2D eigenvalue weighted by Crippen LogP contribution is -1.88. The normalized spacial score (nSPS) is 10.9. The first-order valence-electron chi connectivity index (χ1n) is 4.21. The van der Waals surface area contributed by atoms with Crippen LogP contribution in [0.3, 0.4) is 0 Å². The second-order valence-corrected chi connectivity index (χ2v) is 4.42. The van der Waals surface area contributed by atoms with E-state index in [-0.39, 0.29) is 0 Å². The summed E-state index contributed by atoms with van der Waals surface area (Å²) in [6.07, 6.45) is 1.01. The summed E-state index contributed by atoms with van der Waals surface area (Å²) in [7, 11) is 0. The van der Waals surface area contributed by atoms with Gasteiger partial charge in [-0.3, -0.25) is 0 Å². The molecule has 0 fully saturated rings. The number of benzene rings is 1. The molecule has 1 aromatic heterocycles. The van der Waals surface area contributed by atoms with Crippen LogP contribution in [0.15, 0.2) is 22.4 Å². The smallest absolute Gasteiger partial charge is 0.0377 e. The Kier molecular flexibility index (Phi) is 2.22. The van der Waals surface area contributed by atoms with Gasteiger partial charge in [-0.25, -0.2) is 0 Å². The number of anilines is 1. The second kappa shape index (κ2) is 3.24. The molecule has 0 bridgehead atoms. The van der Waals surface area contributed by atoms with Crippen LogP contribution in [0.25, 0.3) is 10.1 Å². The van der Waals surface area contributed by atoms with Crippen LogP contribution in [0.4, 0.5) is 5.69 Å². The summed E-state index contributed by atoms with van der Waals surface area (Å²) in [6, 6.07) is 4.05. The molecule has 1 nitrogen and oxygen atoms in total. The van der Waals surface area contributed by atoms with Gasteiger partial charge in [0.05, 0.1) is 0 Å². The highest BCUT2D eigenvalue weighted by Crippen LogP contribution is 2.33. The average Bonchev–Trinajstić information content (AvgIpc) is 2.46. The van der Waals surface area contributed by atoms with Crippen molar-refractivity contribution in [2.45, 2.75) is 18.2 Å². The summed E-state index contributed by atoms with van der Waals surface area (Å²) < 4.78 is 1.24. The molecule has 0 amide bonds. The van der Waals surface area contributed by atoms with Gasteiger partial charge in [-0.15, -0.1) is 24.0 Å². The molecule has 0 aliphatic carbocycles. The van der Waals surface area contributed by atoms with Crippen molar-refractivity contribution in [1.29, 1.82) is 0 Å². The van der Waals surface area contributed by atoms with Crippen molar-refractivity contribution in [3.05, 3.63) is 23.1 Å². The van der Waals surface area contributed by atoms with Crippen LogP contribution >= 0.6 is 24.0 Å². The van der Waals surface area contributed by atoms with E-state index in [1.54, 1.807) is 11.3 Å². The van der Waals surface area contributed by atoms with E-state index in [9.17, 15) is 0 Å². The fourth-order valence-corrected chi connectivity index (χ4v) is 2.95. The third-order valence-corrected chi connectivity index (χ3v) is 3.60. The van der Waals surface area contributed by atoms with Crippen molar-refractivity contribution in [3.63, 3.8) is 0 Å². The zero-order chi connectivity index (χ0) is 9.42. The topological polar surface area (TPSA) is 26.0 Å². The minimum Gasteiger partial charge on any atom is -0.399 e. The molecule has 13 heavy (non-hydrogen) atoms. The zero-order valence-electron chi connectivity index (χ0n) is 7.37. The molecule has 2 rings (SSSR count). The molecule has 0 atom stereocenters. The molecule has 2 N–H and O–H groups in total. The number of thiol groups is 1. The van der Waals surface area contributed by atoms with Crippen LogP contribution in [0.5, 0.6) is 0 Å². The van der Waals surface area contributed by atoms with Crippen LogP contribution in [0, 0.1) is 0 Å². The Balaban J connectivity index is 2.85. The summed E-state index contributed by atoms with van der Waals surface area (Å²) in [5.41, 5.74) is 7.93. The van der Waals surface area contributed by atoms with Crippen molar-refractivity contribution in [2.75, 3.05) is 5.73 Å². The van der Waals surface area contributed by atoms with Gasteiger partial charge in [0, 0.05) is 26.0 Å². The van der Waals surface area contributed by atoms with E-state index >= 15 is 0 Å². The first-order chi connectivity index (χ1) is 6.22. The molecule has 0 radical (unpaired) electrons. The highest BCUT2D eigenvalue weighted by Gasteiger charge is 2.06. The highest BCUT2D eigenvalue weighted by atomic mass is 32.1. The van der Waals surface area contributed by atoms with Crippen LogP contribution in [-0.2, 0) is 6.42 Å². The van der Waals surface area contributed by atoms with Crippen LogP contribution < -0.4 is 5.73 Å². The number of aryl methyl sites for hydroxylation is 1. The number of nitrogen functional groups attached to an aromatic ring is 1. The molecular weight excluding hydrogens is 198 g/mol. The average molecular weight is 209 g/mol. The van der Waals surface area contributed by atoms with E-state index < -0.39 is 0 Å². The molecule has 0 aliphatic rings. The lowest BCUT2D eigenvalue weighted by atomic mass is 10.1. The van der Waals surface area contributed by atoms with Gasteiger partial charge in [0.25, 0.3) is 0 Å². The Morgan fingerprint density at radius 2 is 2.23 bits per heavy atom. The minimum absolute atomic E-state index is 0.847. The third-order valence-electron chi connectivity index (χ3n) is 2.14. The standard InChI is InChI=1S/C10H11NS2/c1-2-6-3-7(11)4-9-10(6)8(12)5-13-9/h3-5,12H,2,11H2,1H3. The van der Waals surface area contributed by atoms with Crippen molar-refractivity contribution < 1.29 is 0 Å². The molecule has 0 saturated carbocycles. The Morgan fingerprint density at radius 1 is 1.46 bits per heavy atom. The molecular formula is C10H11NS2. The Hall–Kier alpha value is -0.670.